The lowest BCUT2D eigenvalue weighted by atomic mass is 9.94. The fraction of sp³-hybridized carbons (Fsp3) is 0.433. The smallest absolute Gasteiger partial charge is 0.408 e. The van der Waals surface area contributed by atoms with Crippen LogP contribution in [0.4, 0.5) is 4.79 Å². The zero-order valence-corrected chi connectivity index (χ0v) is 23.4. The second-order valence-electron chi connectivity index (χ2n) is 10.4. The van der Waals surface area contributed by atoms with Crippen LogP contribution in [0.1, 0.15) is 43.4 Å². The molecule has 11 heteroatoms. The SMILES string of the molecule is COC(=O)CCC(NC(=O)OCc1ccccc1)C(=O)NC(C(=O)NC(C(=O)O)C(C)C)C1Cc2ccccc2C1. The minimum atomic E-state index is -1.23. The van der Waals surface area contributed by atoms with E-state index in [1.165, 1.54) is 7.11 Å². The Bertz CT molecular complexity index is 1210. The number of hydrogen-bond donors (Lipinski definition) is 4. The average Bonchev–Trinajstić information content (AvgIpc) is 3.39. The lowest BCUT2D eigenvalue weighted by Gasteiger charge is -2.28. The van der Waals surface area contributed by atoms with Crippen molar-refractivity contribution in [2.45, 2.75) is 64.3 Å². The topological polar surface area (TPSA) is 160 Å². The molecule has 3 rings (SSSR count). The van der Waals surface area contributed by atoms with Crippen LogP contribution in [0.25, 0.3) is 0 Å². The third-order valence-electron chi connectivity index (χ3n) is 7.05. The van der Waals surface area contributed by atoms with Crippen LogP contribution in [0, 0.1) is 11.8 Å². The number of fused-ring (bicyclic) bond motifs is 1. The Morgan fingerprint density at radius 1 is 0.878 bits per heavy atom. The predicted octanol–water partition coefficient (Wildman–Crippen LogP) is 2.36. The van der Waals surface area contributed by atoms with E-state index in [2.05, 4.69) is 20.7 Å². The van der Waals surface area contributed by atoms with E-state index in [0.29, 0.717) is 12.8 Å². The van der Waals surface area contributed by atoms with E-state index >= 15 is 0 Å². The summed E-state index contributed by atoms with van der Waals surface area (Å²) in [7, 11) is 1.21. The van der Waals surface area contributed by atoms with Gasteiger partial charge in [-0.25, -0.2) is 9.59 Å². The summed E-state index contributed by atoms with van der Waals surface area (Å²) in [5, 5.41) is 17.4. The Hall–Kier alpha value is -4.41. The first-order valence-corrected chi connectivity index (χ1v) is 13.5. The van der Waals surface area contributed by atoms with Crippen molar-refractivity contribution in [1.82, 2.24) is 16.0 Å². The van der Waals surface area contributed by atoms with Crippen molar-refractivity contribution in [2.75, 3.05) is 7.11 Å². The van der Waals surface area contributed by atoms with Gasteiger partial charge >= 0.3 is 18.0 Å². The van der Waals surface area contributed by atoms with Gasteiger partial charge in [-0.3, -0.25) is 14.4 Å². The van der Waals surface area contributed by atoms with Gasteiger partial charge in [-0.05, 0) is 47.8 Å². The number of amides is 3. The van der Waals surface area contributed by atoms with Crippen LogP contribution in [0.5, 0.6) is 0 Å². The number of carboxylic acid groups (broad SMARTS) is 1. The molecule has 41 heavy (non-hydrogen) atoms. The molecule has 0 bridgehead atoms. The number of carboxylic acids is 1. The Labute approximate surface area is 239 Å². The van der Waals surface area contributed by atoms with Crippen LogP contribution < -0.4 is 16.0 Å². The number of carbonyl (C=O) groups is 5. The van der Waals surface area contributed by atoms with Gasteiger partial charge in [0.25, 0.3) is 0 Å². The number of hydrogen-bond acceptors (Lipinski definition) is 7. The number of benzene rings is 2. The van der Waals surface area contributed by atoms with Crippen LogP contribution in [0.15, 0.2) is 54.6 Å². The van der Waals surface area contributed by atoms with Crippen molar-refractivity contribution in [3.05, 3.63) is 71.3 Å². The molecule has 4 N–H and O–H groups in total. The maximum absolute atomic E-state index is 13.5. The van der Waals surface area contributed by atoms with Crippen molar-refractivity contribution >= 4 is 29.8 Å². The van der Waals surface area contributed by atoms with Crippen molar-refractivity contribution in [1.29, 1.82) is 0 Å². The maximum Gasteiger partial charge on any atom is 0.408 e. The highest BCUT2D eigenvalue weighted by atomic mass is 16.5. The first-order valence-electron chi connectivity index (χ1n) is 13.5. The molecule has 0 heterocycles. The van der Waals surface area contributed by atoms with E-state index in [9.17, 15) is 29.1 Å². The monoisotopic (exact) mass is 567 g/mol. The van der Waals surface area contributed by atoms with Crippen molar-refractivity contribution < 1.29 is 38.6 Å². The van der Waals surface area contributed by atoms with Gasteiger partial charge < -0.3 is 30.5 Å². The Kier molecular flexibility index (Phi) is 11.3. The number of carbonyl (C=O) groups excluding carboxylic acids is 4. The molecule has 0 aliphatic heterocycles. The molecule has 1 aliphatic rings. The van der Waals surface area contributed by atoms with E-state index in [-0.39, 0.29) is 25.4 Å². The third kappa shape index (κ3) is 9.06. The summed E-state index contributed by atoms with van der Waals surface area (Å²) in [6.45, 7) is 3.31. The molecular formula is C30H37N3O8. The molecule has 0 saturated heterocycles. The first-order chi connectivity index (χ1) is 19.6. The predicted molar refractivity (Wildman–Crippen MR) is 148 cm³/mol. The number of aliphatic carboxylic acids is 1. The van der Waals surface area contributed by atoms with Gasteiger partial charge in [0.15, 0.2) is 0 Å². The van der Waals surface area contributed by atoms with E-state index < -0.39 is 53.9 Å². The summed E-state index contributed by atoms with van der Waals surface area (Å²) in [4.78, 5) is 63.2. The fourth-order valence-electron chi connectivity index (χ4n) is 4.78. The van der Waals surface area contributed by atoms with Crippen molar-refractivity contribution in [3.8, 4) is 0 Å². The summed E-state index contributed by atoms with van der Waals surface area (Å²) in [5.41, 5.74) is 2.81. The van der Waals surface area contributed by atoms with Gasteiger partial charge in [-0.15, -0.1) is 0 Å². The molecule has 11 nitrogen and oxygen atoms in total. The summed E-state index contributed by atoms with van der Waals surface area (Å²) < 4.78 is 9.93. The molecule has 2 aromatic rings. The fourth-order valence-corrected chi connectivity index (χ4v) is 4.78. The molecule has 220 valence electrons. The molecule has 0 spiro atoms. The van der Waals surface area contributed by atoms with E-state index in [1.54, 1.807) is 38.1 Å². The van der Waals surface area contributed by atoms with E-state index in [4.69, 9.17) is 4.74 Å². The minimum Gasteiger partial charge on any atom is -0.480 e. The average molecular weight is 568 g/mol. The highest BCUT2D eigenvalue weighted by Crippen LogP contribution is 2.29. The van der Waals surface area contributed by atoms with Gasteiger partial charge in [0.1, 0.15) is 24.7 Å². The highest BCUT2D eigenvalue weighted by molar-refractivity contribution is 5.93. The molecule has 0 fully saturated rings. The lowest BCUT2D eigenvalue weighted by Crippen LogP contribution is -2.59. The van der Waals surface area contributed by atoms with E-state index in [0.717, 1.165) is 16.7 Å². The summed E-state index contributed by atoms with van der Waals surface area (Å²) >= 11 is 0. The molecule has 2 aromatic carbocycles. The molecule has 1 aliphatic carbocycles. The molecule has 3 unspecified atom stereocenters. The van der Waals surface area contributed by atoms with Crippen LogP contribution in [-0.4, -0.2) is 60.2 Å². The number of alkyl carbamates (subject to hydrolysis) is 1. The van der Waals surface area contributed by atoms with Crippen LogP contribution in [0.3, 0.4) is 0 Å². The molecule has 3 atom stereocenters. The second kappa shape index (κ2) is 14.8. The van der Waals surface area contributed by atoms with Crippen LogP contribution in [-0.2, 0) is 48.1 Å². The minimum absolute atomic E-state index is 0.0326. The first kappa shape index (κ1) is 31.1. The quantitative estimate of drug-likeness (QED) is 0.268. The molecule has 0 radical (unpaired) electrons. The molecule has 3 amide bonds. The molecule has 0 aromatic heterocycles. The van der Waals surface area contributed by atoms with Gasteiger partial charge in [-0.2, -0.15) is 0 Å². The van der Waals surface area contributed by atoms with Gasteiger partial charge in [-0.1, -0.05) is 68.4 Å². The Balaban J connectivity index is 1.78. The Morgan fingerprint density at radius 2 is 1.49 bits per heavy atom. The van der Waals surface area contributed by atoms with Gasteiger partial charge in [0.05, 0.1) is 7.11 Å². The van der Waals surface area contributed by atoms with Gasteiger partial charge in [0, 0.05) is 6.42 Å². The molecule has 0 saturated carbocycles. The third-order valence-corrected chi connectivity index (χ3v) is 7.05. The number of methoxy groups -OCH3 is 1. The molecular weight excluding hydrogens is 530 g/mol. The van der Waals surface area contributed by atoms with Crippen molar-refractivity contribution in [2.24, 2.45) is 11.8 Å². The van der Waals surface area contributed by atoms with E-state index in [1.807, 2.05) is 30.3 Å². The zero-order valence-electron chi connectivity index (χ0n) is 23.4. The second-order valence-corrected chi connectivity index (χ2v) is 10.4. The Morgan fingerprint density at radius 3 is 2.05 bits per heavy atom. The largest absolute Gasteiger partial charge is 0.480 e. The van der Waals surface area contributed by atoms with Gasteiger partial charge in [0.2, 0.25) is 11.8 Å². The lowest BCUT2D eigenvalue weighted by molar-refractivity contribution is -0.143. The summed E-state index contributed by atoms with van der Waals surface area (Å²) in [6.07, 6.45) is -0.171. The number of ether oxygens (including phenoxy) is 2. The maximum atomic E-state index is 13.5. The summed E-state index contributed by atoms with van der Waals surface area (Å²) in [5.74, 6) is -3.88. The van der Waals surface area contributed by atoms with Crippen LogP contribution >= 0.6 is 0 Å². The number of esters is 1. The standard InChI is InChI=1S/C30H37N3O8/c1-18(2)25(29(37)38)32-28(36)26(22-15-20-11-7-8-12-21(20)16-22)33-27(35)23(13-14-24(34)40-3)31-30(39)41-17-19-9-5-4-6-10-19/h4-12,18,22-23,25-26H,13-17H2,1-3H3,(H,31,39)(H,32,36)(H,33,35)(H,37,38). The number of nitrogens with one attached hydrogen (secondary N) is 3. The van der Waals surface area contributed by atoms with Crippen LogP contribution in [0.2, 0.25) is 0 Å². The zero-order chi connectivity index (χ0) is 29.9. The number of rotatable bonds is 13. The normalized spacial score (nSPS) is 14.7. The van der Waals surface area contributed by atoms with Crippen molar-refractivity contribution in [3.63, 3.8) is 0 Å². The highest BCUT2D eigenvalue weighted by Gasteiger charge is 2.38. The summed E-state index contributed by atoms with van der Waals surface area (Å²) in [6, 6.07) is 13.2.